The Morgan fingerprint density at radius 1 is 1.00 bits per heavy atom. The van der Waals surface area contributed by atoms with E-state index in [-0.39, 0.29) is 12.5 Å². The van der Waals surface area contributed by atoms with Crippen molar-refractivity contribution >= 4 is 46.5 Å². The smallest absolute Gasteiger partial charge is 0.418 e. The second kappa shape index (κ2) is 9.70. The zero-order valence-corrected chi connectivity index (χ0v) is 22.0. The lowest BCUT2D eigenvalue weighted by Crippen LogP contribution is -2.39. The van der Waals surface area contributed by atoms with Gasteiger partial charge in [0.25, 0.3) is 0 Å². The first kappa shape index (κ1) is 25.9. The third-order valence-corrected chi connectivity index (χ3v) is 9.96. The fourth-order valence-corrected chi connectivity index (χ4v) is 8.31. The van der Waals surface area contributed by atoms with Crippen LogP contribution in [0.15, 0.2) is 56.9 Å². The van der Waals surface area contributed by atoms with Gasteiger partial charge in [-0.05, 0) is 43.5 Å². The number of imide groups is 1. The number of likely N-dealkylation sites (tertiary alicyclic amines) is 1. The third kappa shape index (κ3) is 4.31. The number of nitrogens with zero attached hydrogens (tertiary/aromatic N) is 3. The van der Waals surface area contributed by atoms with E-state index in [0.717, 1.165) is 54.5 Å². The van der Waals surface area contributed by atoms with E-state index in [9.17, 15) is 32.3 Å². The minimum absolute atomic E-state index is 0.218. The maximum atomic E-state index is 13.8. The topological polar surface area (TPSA) is 92.8 Å². The number of para-hydroxylation sites is 1. The van der Waals surface area contributed by atoms with Gasteiger partial charge >= 0.3 is 11.0 Å². The number of alkyl halides is 3. The molecule has 1 aromatic carbocycles. The number of piperidine rings is 1. The molecule has 13 heteroatoms. The highest BCUT2D eigenvalue weighted by molar-refractivity contribution is 8.00. The monoisotopic (exact) mass is 577 g/mol. The Morgan fingerprint density at radius 3 is 2.44 bits per heavy atom. The highest BCUT2D eigenvalue weighted by Crippen LogP contribution is 2.54. The zero-order chi connectivity index (χ0) is 27.5. The SMILES string of the molecule is O=C(Cn1c2c(sc1=O)C(c1ccco1)C1C(=O)N(c3ccccc3C(F)(F)F)C(=O)C1S2)N1CCCCC1. The summed E-state index contributed by atoms with van der Waals surface area (Å²) in [6.45, 7) is 0.989. The van der Waals surface area contributed by atoms with Gasteiger partial charge in [-0.15, -0.1) is 0 Å². The van der Waals surface area contributed by atoms with E-state index in [0.29, 0.717) is 33.7 Å². The van der Waals surface area contributed by atoms with Gasteiger partial charge in [-0.1, -0.05) is 35.2 Å². The van der Waals surface area contributed by atoms with Crippen LogP contribution >= 0.6 is 23.1 Å². The number of amides is 3. The summed E-state index contributed by atoms with van der Waals surface area (Å²) in [6, 6.07) is 7.68. The Morgan fingerprint density at radius 2 is 1.74 bits per heavy atom. The summed E-state index contributed by atoms with van der Waals surface area (Å²) in [6.07, 6.45) is -0.595. The number of benzene rings is 1. The molecule has 204 valence electrons. The van der Waals surface area contributed by atoms with Gasteiger partial charge < -0.3 is 9.32 Å². The molecular weight excluding hydrogens is 555 g/mol. The molecule has 0 bridgehead atoms. The standard InChI is InChI=1S/C26H22F3N3O5S2/c27-26(28,29)14-7-2-3-8-15(14)32-22(34)19-18(16-9-6-12-37-16)21-24(38-20(19)23(32)35)31(25(36)39-21)13-17(33)30-10-4-1-5-11-30/h2-3,6-9,12,18-20H,1,4-5,10-11,13H2. The van der Waals surface area contributed by atoms with Crippen LogP contribution in [0.2, 0.25) is 0 Å². The Bertz CT molecular complexity index is 1510. The van der Waals surface area contributed by atoms with Gasteiger partial charge in [0.1, 0.15) is 17.6 Å². The van der Waals surface area contributed by atoms with E-state index in [4.69, 9.17) is 4.42 Å². The van der Waals surface area contributed by atoms with Gasteiger partial charge in [-0.2, -0.15) is 13.2 Å². The summed E-state index contributed by atoms with van der Waals surface area (Å²) < 4.78 is 48.4. The van der Waals surface area contributed by atoms with Crippen molar-refractivity contribution in [2.24, 2.45) is 5.92 Å². The van der Waals surface area contributed by atoms with Gasteiger partial charge in [-0.3, -0.25) is 23.7 Å². The number of aromatic nitrogens is 1. The summed E-state index contributed by atoms with van der Waals surface area (Å²) >= 11 is 1.82. The van der Waals surface area contributed by atoms with Gasteiger partial charge in [0.05, 0.1) is 39.3 Å². The molecule has 0 radical (unpaired) electrons. The minimum Gasteiger partial charge on any atom is -0.469 e. The van der Waals surface area contributed by atoms with Gasteiger partial charge in [0.15, 0.2) is 0 Å². The molecule has 0 saturated carbocycles. The molecule has 2 fully saturated rings. The predicted octanol–water partition coefficient (Wildman–Crippen LogP) is 4.33. The average Bonchev–Trinajstić information content (AvgIpc) is 3.61. The first-order chi connectivity index (χ1) is 18.7. The number of carbonyl (C=O) groups is 3. The highest BCUT2D eigenvalue weighted by atomic mass is 32.2. The van der Waals surface area contributed by atoms with Crippen LogP contribution in [0.4, 0.5) is 18.9 Å². The first-order valence-corrected chi connectivity index (χ1v) is 14.1. The second-order valence-corrected chi connectivity index (χ2v) is 11.8. The number of carbonyl (C=O) groups excluding carboxylic acids is 3. The summed E-state index contributed by atoms with van der Waals surface area (Å²) in [5.74, 6) is -3.46. The zero-order valence-electron chi connectivity index (χ0n) is 20.3. The lowest BCUT2D eigenvalue weighted by molar-refractivity contribution is -0.137. The van der Waals surface area contributed by atoms with E-state index in [1.54, 1.807) is 17.0 Å². The van der Waals surface area contributed by atoms with E-state index in [1.165, 1.54) is 23.0 Å². The molecule has 0 aliphatic carbocycles. The predicted molar refractivity (Wildman–Crippen MR) is 137 cm³/mol. The largest absolute Gasteiger partial charge is 0.469 e. The van der Waals surface area contributed by atoms with Crippen molar-refractivity contribution in [3.8, 4) is 0 Å². The van der Waals surface area contributed by atoms with Crippen LogP contribution in [0.1, 0.15) is 41.4 Å². The molecule has 8 nitrogen and oxygen atoms in total. The Kier molecular flexibility index (Phi) is 6.45. The normalized spacial score (nSPS) is 23.2. The van der Waals surface area contributed by atoms with E-state index < -0.39 is 51.2 Å². The highest BCUT2D eigenvalue weighted by Gasteiger charge is 2.58. The maximum Gasteiger partial charge on any atom is 0.418 e. The van der Waals surface area contributed by atoms with Crippen molar-refractivity contribution in [3.05, 3.63) is 68.5 Å². The minimum atomic E-state index is -4.79. The molecule has 0 N–H and O–H groups in total. The number of furan rings is 1. The third-order valence-electron chi connectivity index (χ3n) is 7.35. The fourth-order valence-electron chi connectivity index (χ4n) is 5.55. The molecule has 6 rings (SSSR count). The number of thiazole rings is 1. The van der Waals surface area contributed by atoms with Crippen LogP contribution < -0.4 is 9.77 Å². The van der Waals surface area contributed by atoms with Crippen molar-refractivity contribution < 1.29 is 32.0 Å². The molecule has 39 heavy (non-hydrogen) atoms. The number of hydrogen-bond donors (Lipinski definition) is 0. The van der Waals surface area contributed by atoms with E-state index in [1.807, 2.05) is 0 Å². The molecule has 3 atom stereocenters. The van der Waals surface area contributed by atoms with Crippen molar-refractivity contribution in [3.63, 3.8) is 0 Å². The van der Waals surface area contributed by atoms with Gasteiger partial charge in [-0.25, -0.2) is 4.90 Å². The molecule has 2 saturated heterocycles. The van der Waals surface area contributed by atoms with Gasteiger partial charge in [0, 0.05) is 13.1 Å². The molecule has 0 spiro atoms. The number of rotatable bonds is 4. The summed E-state index contributed by atoms with van der Waals surface area (Å²) in [5.41, 5.74) is -1.63. The lowest BCUT2D eigenvalue weighted by Gasteiger charge is -2.30. The molecule has 3 amide bonds. The Labute approximate surface area is 228 Å². The fraction of sp³-hybridized carbons (Fsp3) is 0.385. The average molecular weight is 578 g/mol. The Hall–Kier alpha value is -3.32. The number of fused-ring (bicyclic) bond motifs is 2. The number of thioether (sulfide) groups is 1. The van der Waals surface area contributed by atoms with Crippen LogP contribution in [0.5, 0.6) is 0 Å². The summed E-state index contributed by atoms with van der Waals surface area (Å²) in [5, 5.41) is -0.739. The number of hydrogen-bond acceptors (Lipinski definition) is 7. The van der Waals surface area contributed by atoms with Crippen LogP contribution in [0.25, 0.3) is 0 Å². The number of halogens is 3. The van der Waals surface area contributed by atoms with E-state index in [2.05, 4.69) is 0 Å². The second-order valence-electron chi connectivity index (χ2n) is 9.65. The quantitative estimate of drug-likeness (QED) is 0.429. The molecular formula is C26H22F3N3O5S2. The molecule has 3 aromatic rings. The molecule has 3 aliphatic heterocycles. The van der Waals surface area contributed by atoms with Crippen molar-refractivity contribution in [2.45, 2.75) is 48.2 Å². The van der Waals surface area contributed by atoms with E-state index >= 15 is 0 Å². The van der Waals surface area contributed by atoms with Crippen LogP contribution in [0, 0.1) is 5.92 Å². The molecule has 3 unspecified atom stereocenters. The van der Waals surface area contributed by atoms with Crippen LogP contribution in [-0.2, 0) is 27.1 Å². The molecule has 3 aliphatic rings. The summed E-state index contributed by atoms with van der Waals surface area (Å²) in [7, 11) is 0. The summed E-state index contributed by atoms with van der Waals surface area (Å²) in [4.78, 5) is 56.0. The lowest BCUT2D eigenvalue weighted by atomic mass is 9.86. The van der Waals surface area contributed by atoms with Crippen molar-refractivity contribution in [1.82, 2.24) is 9.47 Å². The molecule has 2 aromatic heterocycles. The van der Waals surface area contributed by atoms with Gasteiger partial charge in [0.2, 0.25) is 17.7 Å². The maximum absolute atomic E-state index is 13.8. The van der Waals surface area contributed by atoms with Crippen molar-refractivity contribution in [1.29, 1.82) is 0 Å². The van der Waals surface area contributed by atoms with Crippen molar-refractivity contribution in [2.75, 3.05) is 18.0 Å². The first-order valence-electron chi connectivity index (χ1n) is 12.4. The molecule has 5 heterocycles. The number of anilines is 1. The van der Waals surface area contributed by atoms with Crippen LogP contribution in [0.3, 0.4) is 0 Å². The Balaban J connectivity index is 1.43. The van der Waals surface area contributed by atoms with Crippen LogP contribution in [-0.4, -0.2) is 45.5 Å².